The minimum atomic E-state index is -7.05. The molecule has 0 saturated carbocycles. The Hall–Kier alpha value is 0.170. The Morgan fingerprint density at radius 2 is 1.00 bits per heavy atom. The number of rotatable bonds is 0. The predicted octanol–water partition coefficient (Wildman–Crippen LogP) is 0.0306. The molecule has 6 heteroatoms. The zero-order valence-electron chi connectivity index (χ0n) is 2.54. The van der Waals surface area contributed by atoms with E-state index in [0.717, 1.165) is 0 Å². The van der Waals surface area contributed by atoms with Crippen molar-refractivity contribution in [3.8, 4) is 0 Å². The Labute approximate surface area is 32.3 Å². The molecule has 0 bridgehead atoms. The van der Waals surface area contributed by atoms with Crippen molar-refractivity contribution in [1.29, 1.82) is 0 Å². The van der Waals surface area contributed by atoms with E-state index in [2.05, 4.69) is 0 Å². The molecule has 0 unspecified atom stereocenters. The van der Waals surface area contributed by atoms with Gasteiger partial charge in [-0.3, -0.25) is 0 Å². The second-order valence-corrected chi connectivity index (χ2v) is 2.36. The molecule has 0 rings (SSSR count). The molecule has 0 aromatic carbocycles. The zero-order valence-corrected chi connectivity index (χ0v) is 3.44. The summed E-state index contributed by atoms with van der Waals surface area (Å²) in [5, 5.41) is 0. The number of hydrogen-bond donors (Lipinski definition) is 3. The molecule has 0 spiro atoms. The molecule has 0 aromatic heterocycles. The fraction of sp³-hybridized carbons (Fsp3) is 0. The monoisotopic (exact) mass is 120 g/mol. The summed E-state index contributed by atoms with van der Waals surface area (Å²) in [7, 11) is -7.05. The fourth-order valence-electron chi connectivity index (χ4n) is 0. The topological polar surface area (TPSA) is 60.7 Å². The van der Waals surface area contributed by atoms with Crippen LogP contribution in [-0.4, -0.2) is 14.7 Å². The van der Waals surface area contributed by atoms with Gasteiger partial charge in [0.2, 0.25) is 0 Å². The van der Waals surface area contributed by atoms with Gasteiger partial charge >= 0.3 is 31.0 Å². The van der Waals surface area contributed by atoms with Crippen molar-refractivity contribution in [2.75, 3.05) is 0 Å². The molecule has 0 aromatic rings. The summed E-state index contributed by atoms with van der Waals surface area (Å²) in [5.74, 6) is 0. The third kappa shape index (κ3) is 1450. The van der Waals surface area contributed by atoms with Crippen LogP contribution in [0.3, 0.4) is 0 Å². The Kier molecular flexibility index (Phi) is 0.894. The van der Waals surface area contributed by atoms with Crippen molar-refractivity contribution in [1.82, 2.24) is 0 Å². The quantitative estimate of drug-likeness (QED) is 0.395. The van der Waals surface area contributed by atoms with Gasteiger partial charge in [0, 0.05) is 0 Å². The average molecular weight is 120 g/mol. The van der Waals surface area contributed by atoms with Gasteiger partial charge < -0.3 is 0 Å². The van der Waals surface area contributed by atoms with Gasteiger partial charge in [0.1, 0.15) is 0 Å². The van der Waals surface area contributed by atoms with Gasteiger partial charge in [0.05, 0.1) is 0 Å². The van der Waals surface area contributed by atoms with E-state index in [4.69, 9.17) is 14.7 Å². The Morgan fingerprint density at radius 1 is 1.00 bits per heavy atom. The van der Waals surface area contributed by atoms with Crippen LogP contribution in [0.5, 0.6) is 0 Å². The molecule has 0 radical (unpaired) electrons. The molecule has 40 valence electrons. The van der Waals surface area contributed by atoms with Crippen LogP contribution in [0.15, 0.2) is 0 Å². The van der Waals surface area contributed by atoms with E-state index >= 15 is 0 Å². The summed E-state index contributed by atoms with van der Waals surface area (Å²) < 4.78 is 21.0. The Morgan fingerprint density at radius 3 is 1.00 bits per heavy atom. The molecule has 3 nitrogen and oxygen atoms in total. The van der Waals surface area contributed by atoms with E-state index in [9.17, 15) is 8.39 Å². The van der Waals surface area contributed by atoms with Crippen molar-refractivity contribution in [3.05, 3.63) is 0 Å². The van der Waals surface area contributed by atoms with Crippen LogP contribution in [0.4, 0.5) is 8.39 Å². The maximum absolute atomic E-state index is 10.5. The average Bonchev–Trinajstić information content (AvgIpc) is 0.650. The van der Waals surface area contributed by atoms with Gasteiger partial charge in [-0.2, -0.15) is 0 Å². The Bertz CT molecular complexity index is 42.0. The van der Waals surface area contributed by atoms with Gasteiger partial charge in [-0.15, -0.1) is 0 Å². The van der Waals surface area contributed by atoms with Crippen molar-refractivity contribution < 1.29 is 23.1 Å². The summed E-state index contributed by atoms with van der Waals surface area (Å²) in [6.07, 6.45) is 0. The third-order valence-corrected chi connectivity index (χ3v) is 0. The summed E-state index contributed by atoms with van der Waals surface area (Å²) in [5.41, 5.74) is 0. The first-order valence-electron chi connectivity index (χ1n) is 0.938. The summed E-state index contributed by atoms with van der Waals surface area (Å²) in [6, 6.07) is 0. The molecule has 3 N–H and O–H groups in total. The van der Waals surface area contributed by atoms with Crippen LogP contribution in [-0.2, 0) is 0 Å². The van der Waals surface area contributed by atoms with E-state index in [1.165, 1.54) is 0 Å². The van der Waals surface area contributed by atoms with Crippen LogP contribution in [0.1, 0.15) is 0 Å². The maximum atomic E-state index is 10.5. The van der Waals surface area contributed by atoms with Crippen LogP contribution in [0, 0.1) is 0 Å². The second-order valence-electron chi connectivity index (χ2n) is 0.786. The first-order valence-corrected chi connectivity index (χ1v) is 2.81. The van der Waals surface area contributed by atoms with E-state index in [1.54, 1.807) is 0 Å². The predicted molar refractivity (Wildman–Crippen MR) is 15.8 cm³/mol. The molecule has 0 amide bonds. The van der Waals surface area contributed by atoms with Crippen LogP contribution < -0.4 is 0 Å². The van der Waals surface area contributed by atoms with Gasteiger partial charge in [0.15, 0.2) is 0 Å². The van der Waals surface area contributed by atoms with E-state index in [1.807, 2.05) is 0 Å². The van der Waals surface area contributed by atoms with Crippen molar-refractivity contribution in [2.24, 2.45) is 0 Å². The SMILES string of the molecule is OP(O)(O)(F)F. The molecular weight excluding hydrogens is 117 g/mol. The Balaban J connectivity index is 3.73. The molecule has 0 fully saturated rings. The van der Waals surface area contributed by atoms with Crippen LogP contribution >= 0.6 is 7.91 Å². The van der Waals surface area contributed by atoms with E-state index in [0.29, 0.717) is 0 Å². The number of halogens is 2. The van der Waals surface area contributed by atoms with E-state index in [-0.39, 0.29) is 0 Å². The zero-order chi connectivity index (χ0) is 5.45. The van der Waals surface area contributed by atoms with Gasteiger partial charge in [-0.05, 0) is 0 Å². The molecule has 0 atom stereocenters. The van der Waals surface area contributed by atoms with Crippen LogP contribution in [0.2, 0.25) is 0 Å². The summed E-state index contributed by atoms with van der Waals surface area (Å²) >= 11 is 0. The summed E-state index contributed by atoms with van der Waals surface area (Å²) in [4.78, 5) is 20.7. The molecule has 0 saturated heterocycles. The molecule has 0 aliphatic heterocycles. The first-order chi connectivity index (χ1) is 2.24. The third-order valence-electron chi connectivity index (χ3n) is 0. The van der Waals surface area contributed by atoms with Gasteiger partial charge in [-0.25, -0.2) is 0 Å². The molecular formula is H3F2O3P. The number of hydrogen-bond acceptors (Lipinski definition) is 3. The van der Waals surface area contributed by atoms with Crippen LogP contribution in [0.25, 0.3) is 0 Å². The summed E-state index contributed by atoms with van der Waals surface area (Å²) in [6.45, 7) is 0. The first kappa shape index (κ1) is 6.17. The molecule has 0 heterocycles. The van der Waals surface area contributed by atoms with Crippen molar-refractivity contribution in [3.63, 3.8) is 0 Å². The molecule has 0 aliphatic rings. The van der Waals surface area contributed by atoms with Gasteiger partial charge in [0.25, 0.3) is 0 Å². The van der Waals surface area contributed by atoms with Crippen molar-refractivity contribution >= 4 is 7.91 Å². The minimum absolute atomic E-state index is 6.89. The van der Waals surface area contributed by atoms with E-state index < -0.39 is 7.91 Å². The van der Waals surface area contributed by atoms with Crippen molar-refractivity contribution in [2.45, 2.75) is 0 Å². The van der Waals surface area contributed by atoms with Gasteiger partial charge in [-0.1, -0.05) is 0 Å². The standard InChI is InChI=1S/F2H3O3P/c1-6(2,3,4)5/h3-5H. The second kappa shape index (κ2) is 0.869. The normalized spacial score (nSPS) is 19.2. The fourth-order valence-corrected chi connectivity index (χ4v) is 0. The molecule has 6 heavy (non-hydrogen) atoms. The molecule has 0 aliphatic carbocycles.